The van der Waals surface area contributed by atoms with Gasteiger partial charge in [0, 0.05) is 56.0 Å². The van der Waals surface area contributed by atoms with Crippen molar-refractivity contribution >= 4 is 101 Å². The molecule has 0 aliphatic carbocycles. The lowest BCUT2D eigenvalue weighted by Gasteiger charge is -2.46. The number of furan rings is 1. The molecule has 0 spiro atoms. The smallest absolute Gasteiger partial charge is 0.252 e. The molecule has 2 aromatic heterocycles. The topological polar surface area (TPSA) is 24.6 Å². The Hall–Kier alpha value is -6.98. The summed E-state index contributed by atoms with van der Waals surface area (Å²) in [4.78, 5) is 5.26. The van der Waals surface area contributed by atoms with E-state index in [2.05, 4.69) is 259 Å². The van der Waals surface area contributed by atoms with Crippen LogP contribution >= 0.6 is 0 Å². The van der Waals surface area contributed by atoms with Crippen molar-refractivity contribution in [2.45, 2.75) is 132 Å². The van der Waals surface area contributed by atoms with Gasteiger partial charge >= 0.3 is 0 Å². The quantitative estimate of drug-likeness (QED) is 0.165. The second-order valence-corrected chi connectivity index (χ2v) is 25.8. The second kappa shape index (κ2) is 15.8. The van der Waals surface area contributed by atoms with Crippen molar-refractivity contribution < 1.29 is 4.42 Å². The van der Waals surface area contributed by atoms with Crippen LogP contribution in [-0.4, -0.2) is 11.3 Å². The maximum Gasteiger partial charge on any atom is 0.252 e. The number of nitrogens with zero attached hydrogens (tertiary/aromatic N) is 3. The number of para-hydroxylation sites is 2. The number of hydrogen-bond donors (Lipinski definition) is 0. The predicted octanol–water partition coefficient (Wildman–Crippen LogP) is 17.2. The molecule has 4 heterocycles. The van der Waals surface area contributed by atoms with Crippen molar-refractivity contribution in [1.82, 2.24) is 4.57 Å². The van der Waals surface area contributed by atoms with E-state index in [1.54, 1.807) is 0 Å². The fraction of sp³-hybridized carbons (Fsp3) is 0.294. The normalized spacial score (nSPS) is 13.9. The average molecular weight is 956 g/mol. The lowest BCUT2D eigenvalue weighted by molar-refractivity contribution is 0.588. The van der Waals surface area contributed by atoms with Crippen LogP contribution in [0.25, 0.3) is 49.4 Å². The minimum absolute atomic E-state index is 0.00876. The highest BCUT2D eigenvalue weighted by Gasteiger charge is 2.46. The van der Waals surface area contributed by atoms with E-state index < -0.39 is 0 Å². The van der Waals surface area contributed by atoms with Crippen LogP contribution in [0.4, 0.5) is 34.1 Å². The van der Waals surface area contributed by atoms with E-state index in [-0.39, 0.29) is 28.4 Å². The van der Waals surface area contributed by atoms with E-state index in [4.69, 9.17) is 4.42 Å². The predicted molar refractivity (Wildman–Crippen MR) is 316 cm³/mol. The van der Waals surface area contributed by atoms with Gasteiger partial charge in [-0.3, -0.25) is 0 Å². The molecule has 2 aliphatic heterocycles. The van der Waals surface area contributed by atoms with Gasteiger partial charge in [-0.2, -0.15) is 0 Å². The van der Waals surface area contributed by atoms with Crippen LogP contribution < -0.4 is 26.2 Å². The minimum atomic E-state index is -0.168. The Kier molecular flexibility index (Phi) is 10.2. The van der Waals surface area contributed by atoms with Crippen molar-refractivity contribution in [2.24, 2.45) is 0 Å². The van der Waals surface area contributed by atoms with Gasteiger partial charge in [0.15, 0.2) is 0 Å². The highest BCUT2D eigenvalue weighted by Crippen LogP contribution is 2.50. The summed E-state index contributed by atoms with van der Waals surface area (Å²) in [5.41, 5.74) is 26.8. The number of anilines is 6. The summed E-state index contributed by atoms with van der Waals surface area (Å²) in [6, 6.07) is 51.8. The van der Waals surface area contributed by atoms with E-state index in [1.807, 2.05) is 0 Å². The van der Waals surface area contributed by atoms with Gasteiger partial charge in [0.1, 0.15) is 11.2 Å². The first kappa shape index (κ1) is 47.1. The zero-order valence-corrected chi connectivity index (χ0v) is 46.0. The van der Waals surface area contributed by atoms with Gasteiger partial charge in [-0.15, -0.1) is 0 Å². The second-order valence-electron chi connectivity index (χ2n) is 25.8. The van der Waals surface area contributed by atoms with Crippen molar-refractivity contribution in [3.63, 3.8) is 0 Å². The molecule has 0 saturated heterocycles. The van der Waals surface area contributed by atoms with Gasteiger partial charge in [-0.1, -0.05) is 156 Å². The van der Waals surface area contributed by atoms with E-state index in [9.17, 15) is 0 Å². The van der Waals surface area contributed by atoms with E-state index in [0.717, 1.165) is 27.6 Å². The molecule has 5 heteroatoms. The van der Waals surface area contributed by atoms with Gasteiger partial charge in [-0.05, 0) is 165 Å². The fourth-order valence-electron chi connectivity index (χ4n) is 12.4. The van der Waals surface area contributed by atoms with Gasteiger partial charge in [0.25, 0.3) is 6.71 Å². The molecule has 2 aliphatic rings. The molecule has 0 unspecified atom stereocenters. The Balaban J connectivity index is 1.27. The number of rotatable bonds is 3. The summed E-state index contributed by atoms with van der Waals surface area (Å²) in [6.07, 6.45) is 0. The van der Waals surface area contributed by atoms with Crippen molar-refractivity contribution in [1.29, 1.82) is 0 Å². The SMILES string of the molecule is Cc1cc(C(C)(C)C)cc(C)c1N1c2cc(C(C)(C)C)ccc2B2c3cc4c5cc(C(C)(C)C)ccc5n(-c5c(C)cccc5C)c4cc3N(c3ccc4c(c3)oc3ccccc34)c3cc(C(C)(C)C)cc1c32. The molecule has 73 heavy (non-hydrogen) atoms. The minimum Gasteiger partial charge on any atom is -0.456 e. The monoisotopic (exact) mass is 956 g/mol. The third kappa shape index (κ3) is 7.23. The van der Waals surface area contributed by atoms with Gasteiger partial charge in [0.2, 0.25) is 0 Å². The van der Waals surface area contributed by atoms with Crippen molar-refractivity contribution in [3.05, 3.63) is 178 Å². The van der Waals surface area contributed by atoms with Crippen molar-refractivity contribution in [2.75, 3.05) is 9.80 Å². The highest BCUT2D eigenvalue weighted by molar-refractivity contribution is 7.00. The molecule has 0 radical (unpaired) electrons. The lowest BCUT2D eigenvalue weighted by Crippen LogP contribution is -2.61. The molecule has 4 nitrogen and oxygen atoms in total. The molecular formula is C68H70BN3O. The molecular weight excluding hydrogens is 886 g/mol. The summed E-state index contributed by atoms with van der Waals surface area (Å²) in [7, 11) is 0. The Bertz CT molecular complexity index is 3920. The third-order valence-electron chi connectivity index (χ3n) is 16.4. The van der Waals surface area contributed by atoms with Gasteiger partial charge in [0.05, 0.1) is 22.4 Å². The summed E-state index contributed by atoms with van der Waals surface area (Å²) in [6.45, 7) is 37.2. The Morgan fingerprint density at radius 2 is 0.918 bits per heavy atom. The standard InChI is InChI=1S/C68H70BN3O/c1-39-20-19-21-40(2)63(39)71-54-29-25-43(65(5,6)7)32-50(54)51-37-53-57(38-55(51)71)70(47-26-27-49-48-22-17-18-23-60(48)73-61(49)36-47)58-34-46(68(14,15)16)35-59-62(58)69(53)52-28-24-44(66(8,9)10)33-56(52)72(59)64-41(3)30-45(31-42(64)4)67(11,12)13/h17-38H,1-16H3. The Labute approximate surface area is 433 Å². The first-order chi connectivity index (χ1) is 34.4. The number of aryl methyl sites for hydroxylation is 4. The van der Waals surface area contributed by atoms with Crippen molar-refractivity contribution in [3.8, 4) is 5.69 Å². The number of fused-ring (bicyclic) bond motifs is 10. The molecule has 0 bridgehead atoms. The maximum atomic E-state index is 6.75. The van der Waals surface area contributed by atoms with Crippen LogP contribution in [0, 0.1) is 27.7 Å². The average Bonchev–Trinajstić information content (AvgIpc) is 3.84. The zero-order chi connectivity index (χ0) is 51.6. The highest BCUT2D eigenvalue weighted by atomic mass is 16.3. The fourth-order valence-corrected chi connectivity index (χ4v) is 12.4. The number of benzene rings is 8. The van der Waals surface area contributed by atoms with Crippen LogP contribution in [-0.2, 0) is 21.7 Å². The molecule has 0 amide bonds. The molecule has 366 valence electrons. The largest absolute Gasteiger partial charge is 0.456 e. The lowest BCUT2D eigenvalue weighted by atomic mass is 9.33. The number of aromatic nitrogens is 1. The molecule has 0 saturated carbocycles. The molecule has 0 N–H and O–H groups in total. The first-order valence-corrected chi connectivity index (χ1v) is 26.5. The van der Waals surface area contributed by atoms with E-state index in [1.165, 1.54) is 117 Å². The van der Waals surface area contributed by atoms with Crippen LogP contribution in [0.15, 0.2) is 138 Å². The van der Waals surface area contributed by atoms with E-state index >= 15 is 0 Å². The van der Waals surface area contributed by atoms with Crippen LogP contribution in [0.3, 0.4) is 0 Å². The maximum absolute atomic E-state index is 6.75. The molecule has 0 fully saturated rings. The van der Waals surface area contributed by atoms with Crippen LogP contribution in [0.1, 0.15) is 128 Å². The van der Waals surface area contributed by atoms with E-state index in [0.29, 0.717) is 0 Å². The molecule has 10 aromatic rings. The molecule has 0 atom stereocenters. The first-order valence-electron chi connectivity index (χ1n) is 26.5. The van der Waals surface area contributed by atoms with Crippen LogP contribution in [0.2, 0.25) is 0 Å². The summed E-state index contributed by atoms with van der Waals surface area (Å²) < 4.78 is 9.31. The molecule has 8 aromatic carbocycles. The Morgan fingerprint density at radius 3 is 1.58 bits per heavy atom. The van der Waals surface area contributed by atoms with Crippen LogP contribution in [0.5, 0.6) is 0 Å². The summed E-state index contributed by atoms with van der Waals surface area (Å²) in [5.74, 6) is 0. The summed E-state index contributed by atoms with van der Waals surface area (Å²) >= 11 is 0. The molecule has 12 rings (SSSR count). The Morgan fingerprint density at radius 1 is 0.370 bits per heavy atom. The van der Waals surface area contributed by atoms with Gasteiger partial charge in [-0.25, -0.2) is 0 Å². The number of hydrogen-bond acceptors (Lipinski definition) is 3. The zero-order valence-electron chi connectivity index (χ0n) is 46.0. The third-order valence-corrected chi connectivity index (χ3v) is 16.4. The van der Waals surface area contributed by atoms with Gasteiger partial charge < -0.3 is 18.8 Å². The summed E-state index contributed by atoms with van der Waals surface area (Å²) in [5, 5.41) is 4.81.